The summed E-state index contributed by atoms with van der Waals surface area (Å²) in [6.45, 7) is 4.57. The molecule has 0 spiro atoms. The van der Waals surface area contributed by atoms with E-state index in [1.165, 1.54) is 18.9 Å². The third-order valence-corrected chi connectivity index (χ3v) is 2.58. The first-order valence-corrected chi connectivity index (χ1v) is 5.83. The highest BCUT2D eigenvalue weighted by molar-refractivity contribution is 5.50. The second-order valence-electron chi connectivity index (χ2n) is 4.05. The van der Waals surface area contributed by atoms with Crippen LogP contribution in [0, 0.1) is 12.7 Å². The van der Waals surface area contributed by atoms with Gasteiger partial charge >= 0.3 is 0 Å². The first-order chi connectivity index (χ1) is 7.65. The minimum Gasteiger partial charge on any atom is -0.491 e. The molecule has 0 aliphatic carbocycles. The smallest absolute Gasteiger partial charge is 0.167 e. The first kappa shape index (κ1) is 12.8. The Labute approximate surface area is 96.6 Å². The molecule has 0 aliphatic heterocycles. The lowest BCUT2D eigenvalue weighted by molar-refractivity contribution is 0.290. The van der Waals surface area contributed by atoms with E-state index in [1.807, 2.05) is 6.92 Å². The highest BCUT2D eigenvalue weighted by Crippen LogP contribution is 2.23. The summed E-state index contributed by atoms with van der Waals surface area (Å²) in [4.78, 5) is 0. The van der Waals surface area contributed by atoms with Gasteiger partial charge in [0.15, 0.2) is 11.6 Å². The quantitative estimate of drug-likeness (QED) is 0.592. The minimum absolute atomic E-state index is 0.309. The van der Waals surface area contributed by atoms with Crippen molar-refractivity contribution >= 4 is 5.69 Å². The predicted octanol–water partition coefficient (Wildman–Crippen LogP) is 3.68. The summed E-state index contributed by atoms with van der Waals surface area (Å²) in [5, 5.41) is 0. The molecular weight excluding hydrogens is 205 g/mol. The maximum Gasteiger partial charge on any atom is 0.167 e. The lowest BCUT2D eigenvalue weighted by atomic mass is 10.2. The van der Waals surface area contributed by atoms with E-state index >= 15 is 0 Å². The van der Waals surface area contributed by atoms with Gasteiger partial charge in [-0.15, -0.1) is 0 Å². The Morgan fingerprint density at radius 2 is 2.00 bits per heavy atom. The third-order valence-electron chi connectivity index (χ3n) is 2.58. The van der Waals surface area contributed by atoms with Gasteiger partial charge in [-0.3, -0.25) is 0 Å². The van der Waals surface area contributed by atoms with Crippen molar-refractivity contribution in [2.75, 3.05) is 12.3 Å². The summed E-state index contributed by atoms with van der Waals surface area (Å²) in [6, 6.07) is 2.97. The number of rotatable bonds is 6. The van der Waals surface area contributed by atoms with Gasteiger partial charge in [0.25, 0.3) is 0 Å². The standard InChI is InChI=1S/C13H20FNO/c1-3-4-5-6-7-16-13-8-10(2)12(15)9-11(13)14/h8-9H,3-7,15H2,1-2H3. The molecule has 16 heavy (non-hydrogen) atoms. The van der Waals surface area contributed by atoms with Gasteiger partial charge in [-0.2, -0.15) is 0 Å². The largest absolute Gasteiger partial charge is 0.491 e. The zero-order valence-electron chi connectivity index (χ0n) is 10.1. The van der Waals surface area contributed by atoms with Gasteiger partial charge in [0, 0.05) is 11.8 Å². The van der Waals surface area contributed by atoms with Crippen LogP contribution in [0.4, 0.5) is 10.1 Å². The van der Waals surface area contributed by atoms with Crippen LogP contribution in [-0.2, 0) is 0 Å². The van der Waals surface area contributed by atoms with Gasteiger partial charge in [0.05, 0.1) is 6.61 Å². The summed E-state index contributed by atoms with van der Waals surface area (Å²) in [5.74, 6) is -0.0678. The van der Waals surface area contributed by atoms with Gasteiger partial charge in [-0.25, -0.2) is 4.39 Å². The highest BCUT2D eigenvalue weighted by atomic mass is 19.1. The Morgan fingerprint density at radius 3 is 2.69 bits per heavy atom. The summed E-state index contributed by atoms with van der Waals surface area (Å²) in [7, 11) is 0. The van der Waals surface area contributed by atoms with Gasteiger partial charge < -0.3 is 10.5 Å². The molecule has 0 atom stereocenters. The van der Waals surface area contributed by atoms with E-state index in [-0.39, 0.29) is 5.82 Å². The van der Waals surface area contributed by atoms with Gasteiger partial charge in [0.2, 0.25) is 0 Å². The zero-order valence-corrected chi connectivity index (χ0v) is 10.1. The molecule has 1 aromatic carbocycles. The number of nitrogen functional groups attached to an aromatic ring is 1. The number of halogens is 1. The van der Waals surface area contributed by atoms with E-state index in [2.05, 4.69) is 6.92 Å². The molecule has 2 N–H and O–H groups in total. The first-order valence-electron chi connectivity index (χ1n) is 5.83. The Bertz CT molecular complexity index is 339. The molecule has 1 rings (SSSR count). The Morgan fingerprint density at radius 1 is 1.25 bits per heavy atom. The number of unbranched alkanes of at least 4 members (excludes halogenated alkanes) is 3. The second-order valence-corrected chi connectivity index (χ2v) is 4.05. The second kappa shape index (κ2) is 6.36. The maximum atomic E-state index is 13.4. The summed E-state index contributed by atoms with van der Waals surface area (Å²) >= 11 is 0. The highest BCUT2D eigenvalue weighted by Gasteiger charge is 2.06. The SMILES string of the molecule is CCCCCCOc1cc(C)c(N)cc1F. The molecule has 2 nitrogen and oxygen atoms in total. The molecule has 0 heterocycles. The van der Waals surface area contributed by atoms with Crippen molar-refractivity contribution in [2.45, 2.75) is 39.5 Å². The third kappa shape index (κ3) is 3.72. The number of ether oxygens (including phenoxy) is 1. The molecule has 90 valence electrons. The van der Waals surface area contributed by atoms with E-state index < -0.39 is 0 Å². The van der Waals surface area contributed by atoms with Crippen LogP contribution < -0.4 is 10.5 Å². The zero-order chi connectivity index (χ0) is 12.0. The number of nitrogens with two attached hydrogens (primary N) is 1. The lowest BCUT2D eigenvalue weighted by Gasteiger charge is -2.09. The van der Waals surface area contributed by atoms with E-state index in [4.69, 9.17) is 10.5 Å². The van der Waals surface area contributed by atoms with Crippen LogP contribution in [0.2, 0.25) is 0 Å². The molecule has 0 saturated carbocycles. The van der Waals surface area contributed by atoms with E-state index in [0.717, 1.165) is 18.4 Å². The predicted molar refractivity (Wildman–Crippen MR) is 65.2 cm³/mol. The number of aryl methyl sites for hydroxylation is 1. The van der Waals surface area contributed by atoms with Crippen LogP contribution in [0.1, 0.15) is 38.2 Å². The average Bonchev–Trinajstić information content (AvgIpc) is 2.25. The monoisotopic (exact) mass is 225 g/mol. The van der Waals surface area contributed by atoms with Crippen molar-refractivity contribution in [1.82, 2.24) is 0 Å². The maximum absolute atomic E-state index is 13.4. The molecule has 0 amide bonds. The number of hydrogen-bond acceptors (Lipinski definition) is 2. The summed E-state index contributed by atoms with van der Waals surface area (Å²) in [6.07, 6.45) is 4.49. The summed E-state index contributed by atoms with van der Waals surface area (Å²) < 4.78 is 18.8. The molecular formula is C13H20FNO. The molecule has 0 aromatic heterocycles. The number of hydrogen-bond donors (Lipinski definition) is 1. The van der Waals surface area contributed by atoms with Crippen molar-refractivity contribution in [2.24, 2.45) is 0 Å². The number of benzene rings is 1. The lowest BCUT2D eigenvalue weighted by Crippen LogP contribution is -2.01. The topological polar surface area (TPSA) is 35.2 Å². The molecule has 0 aliphatic rings. The number of anilines is 1. The molecule has 3 heteroatoms. The fraction of sp³-hybridized carbons (Fsp3) is 0.538. The minimum atomic E-state index is -0.376. The van der Waals surface area contributed by atoms with Crippen molar-refractivity contribution in [3.05, 3.63) is 23.5 Å². The van der Waals surface area contributed by atoms with Crippen molar-refractivity contribution in [3.63, 3.8) is 0 Å². The Balaban J connectivity index is 2.45. The normalized spacial score (nSPS) is 10.4. The molecule has 0 unspecified atom stereocenters. The van der Waals surface area contributed by atoms with Gasteiger partial charge in [-0.1, -0.05) is 26.2 Å². The van der Waals surface area contributed by atoms with Crippen molar-refractivity contribution in [1.29, 1.82) is 0 Å². The van der Waals surface area contributed by atoms with Gasteiger partial charge in [-0.05, 0) is 25.0 Å². The van der Waals surface area contributed by atoms with Crippen LogP contribution in [0.15, 0.2) is 12.1 Å². The van der Waals surface area contributed by atoms with Gasteiger partial charge in [0.1, 0.15) is 0 Å². The van der Waals surface area contributed by atoms with Crippen LogP contribution >= 0.6 is 0 Å². The van der Waals surface area contributed by atoms with E-state index in [1.54, 1.807) is 6.07 Å². The van der Waals surface area contributed by atoms with Crippen LogP contribution in [0.3, 0.4) is 0 Å². The average molecular weight is 225 g/mol. The molecule has 0 saturated heterocycles. The molecule has 0 radical (unpaired) electrons. The fourth-order valence-electron chi connectivity index (χ4n) is 1.49. The van der Waals surface area contributed by atoms with Crippen LogP contribution in [-0.4, -0.2) is 6.61 Å². The summed E-state index contributed by atoms with van der Waals surface area (Å²) in [5.41, 5.74) is 6.91. The fourth-order valence-corrected chi connectivity index (χ4v) is 1.49. The molecule has 1 aromatic rings. The van der Waals surface area contributed by atoms with Crippen molar-refractivity contribution < 1.29 is 9.13 Å². The van der Waals surface area contributed by atoms with Crippen molar-refractivity contribution in [3.8, 4) is 5.75 Å². The molecule has 0 fully saturated rings. The van der Waals surface area contributed by atoms with E-state index in [0.29, 0.717) is 18.0 Å². The molecule has 0 bridgehead atoms. The van der Waals surface area contributed by atoms with E-state index in [9.17, 15) is 4.39 Å². The Kier molecular flexibility index (Phi) is 5.09. The van der Waals surface area contributed by atoms with Crippen LogP contribution in [0.5, 0.6) is 5.75 Å². The van der Waals surface area contributed by atoms with Crippen LogP contribution in [0.25, 0.3) is 0 Å². The Hall–Kier alpha value is -1.25.